The van der Waals surface area contributed by atoms with Gasteiger partial charge in [0.25, 0.3) is 0 Å². The maximum absolute atomic E-state index is 11.9. The van der Waals surface area contributed by atoms with Gasteiger partial charge in [-0.25, -0.2) is 4.79 Å². The van der Waals surface area contributed by atoms with E-state index in [-0.39, 0.29) is 11.4 Å². The van der Waals surface area contributed by atoms with Crippen LogP contribution in [0, 0.1) is 6.92 Å². The Kier molecular flexibility index (Phi) is 4.94. The van der Waals surface area contributed by atoms with Crippen molar-refractivity contribution in [2.24, 2.45) is 0 Å². The summed E-state index contributed by atoms with van der Waals surface area (Å²) in [5.41, 5.74) is 5.21. The number of hydrogen-bond acceptors (Lipinski definition) is 4. The predicted molar refractivity (Wildman–Crippen MR) is 105 cm³/mol. The van der Waals surface area contributed by atoms with Gasteiger partial charge in [0.2, 0.25) is 0 Å². The van der Waals surface area contributed by atoms with E-state index in [0.29, 0.717) is 18.8 Å². The fourth-order valence-electron chi connectivity index (χ4n) is 3.44. The number of hydrogen-bond donors (Lipinski definition) is 0. The first-order chi connectivity index (χ1) is 12.4. The highest BCUT2D eigenvalue weighted by Gasteiger charge is 2.33. The maximum Gasteiger partial charge on any atom is 0.338 e. The topological polar surface area (TPSA) is 38.8 Å². The second kappa shape index (κ2) is 7.02. The molecule has 4 heteroatoms. The van der Waals surface area contributed by atoms with Crippen LogP contribution in [0.5, 0.6) is 5.75 Å². The lowest BCUT2D eigenvalue weighted by Crippen LogP contribution is -2.20. The molecule has 0 aromatic heterocycles. The van der Waals surface area contributed by atoms with E-state index in [0.717, 1.165) is 29.2 Å². The first-order valence-electron chi connectivity index (χ1n) is 9.20. The highest BCUT2D eigenvalue weighted by atomic mass is 16.5. The van der Waals surface area contributed by atoms with Crippen LogP contribution in [-0.2, 0) is 10.2 Å². The fraction of sp³-hybridized carbons (Fsp3) is 0.409. The molecule has 0 bridgehead atoms. The molecular formula is C22H27NO3. The lowest BCUT2D eigenvalue weighted by atomic mass is 9.86. The largest absolute Gasteiger partial charge is 0.492 e. The van der Waals surface area contributed by atoms with E-state index >= 15 is 0 Å². The van der Waals surface area contributed by atoms with Crippen LogP contribution in [0.1, 0.15) is 49.2 Å². The molecule has 0 saturated heterocycles. The number of aryl methyl sites for hydroxylation is 1. The standard InChI is InChI=1S/C22H27NO3/c1-6-23(17-10-8-16(9-11-17)21(24)25-7-2)18-12-15(3)20-19(13-18)22(4,5)14-26-20/h8-13H,6-7,14H2,1-5H3. The minimum Gasteiger partial charge on any atom is -0.492 e. The molecule has 3 rings (SSSR count). The maximum atomic E-state index is 11.9. The van der Waals surface area contributed by atoms with Crippen molar-refractivity contribution in [2.45, 2.75) is 40.0 Å². The van der Waals surface area contributed by atoms with E-state index in [1.807, 2.05) is 31.2 Å². The molecule has 0 fully saturated rings. The molecule has 1 heterocycles. The van der Waals surface area contributed by atoms with Crippen LogP contribution in [0.15, 0.2) is 36.4 Å². The highest BCUT2D eigenvalue weighted by molar-refractivity contribution is 5.90. The number of carbonyl (C=O) groups is 1. The summed E-state index contributed by atoms with van der Waals surface area (Å²) in [6.07, 6.45) is 0. The van der Waals surface area contributed by atoms with E-state index < -0.39 is 0 Å². The zero-order valence-electron chi connectivity index (χ0n) is 16.3. The van der Waals surface area contributed by atoms with E-state index in [4.69, 9.17) is 9.47 Å². The smallest absolute Gasteiger partial charge is 0.338 e. The molecule has 2 aromatic carbocycles. The Hall–Kier alpha value is -2.49. The predicted octanol–water partition coefficient (Wildman–Crippen LogP) is 5.00. The Balaban J connectivity index is 1.95. The molecule has 1 aliphatic rings. The molecule has 0 spiro atoms. The van der Waals surface area contributed by atoms with Crippen molar-refractivity contribution in [3.05, 3.63) is 53.1 Å². The Labute approximate surface area is 155 Å². The molecule has 0 atom stereocenters. The van der Waals surface area contributed by atoms with E-state index in [1.165, 1.54) is 5.56 Å². The molecule has 0 saturated carbocycles. The summed E-state index contributed by atoms with van der Waals surface area (Å²) in [4.78, 5) is 14.1. The summed E-state index contributed by atoms with van der Waals surface area (Å²) in [6.45, 7) is 12.4. The minimum absolute atomic E-state index is 0.0171. The number of ether oxygens (including phenoxy) is 2. The number of nitrogens with zero attached hydrogens (tertiary/aromatic N) is 1. The van der Waals surface area contributed by atoms with Gasteiger partial charge in [0.05, 0.1) is 18.8 Å². The van der Waals surface area contributed by atoms with Gasteiger partial charge < -0.3 is 14.4 Å². The van der Waals surface area contributed by atoms with Crippen LogP contribution in [0.2, 0.25) is 0 Å². The van der Waals surface area contributed by atoms with Crippen molar-refractivity contribution in [1.82, 2.24) is 0 Å². The summed E-state index contributed by atoms with van der Waals surface area (Å²) < 4.78 is 11.0. The van der Waals surface area contributed by atoms with Crippen molar-refractivity contribution >= 4 is 17.3 Å². The van der Waals surface area contributed by atoms with Crippen LogP contribution >= 0.6 is 0 Å². The fourth-order valence-corrected chi connectivity index (χ4v) is 3.44. The second-order valence-corrected chi connectivity index (χ2v) is 7.32. The molecule has 26 heavy (non-hydrogen) atoms. The molecule has 138 valence electrons. The van der Waals surface area contributed by atoms with Crippen molar-refractivity contribution in [3.63, 3.8) is 0 Å². The summed E-state index contributed by atoms with van der Waals surface area (Å²) in [7, 11) is 0. The number of fused-ring (bicyclic) bond motifs is 1. The Morgan fingerprint density at radius 3 is 2.46 bits per heavy atom. The molecular weight excluding hydrogens is 326 g/mol. The van der Waals surface area contributed by atoms with Crippen molar-refractivity contribution in [3.8, 4) is 5.75 Å². The van der Waals surface area contributed by atoms with Gasteiger partial charge in [-0.05, 0) is 62.7 Å². The van der Waals surface area contributed by atoms with Gasteiger partial charge in [0, 0.05) is 28.9 Å². The molecule has 0 aliphatic carbocycles. The monoisotopic (exact) mass is 353 g/mol. The quantitative estimate of drug-likeness (QED) is 0.709. The molecule has 0 amide bonds. The van der Waals surface area contributed by atoms with Crippen molar-refractivity contribution in [2.75, 3.05) is 24.7 Å². The van der Waals surface area contributed by atoms with Gasteiger partial charge in [0.1, 0.15) is 5.75 Å². The molecule has 0 N–H and O–H groups in total. The van der Waals surface area contributed by atoms with Gasteiger partial charge in [-0.2, -0.15) is 0 Å². The van der Waals surface area contributed by atoms with E-state index in [2.05, 4.69) is 44.7 Å². The Morgan fingerprint density at radius 1 is 1.15 bits per heavy atom. The number of rotatable bonds is 5. The average molecular weight is 353 g/mol. The zero-order valence-corrected chi connectivity index (χ0v) is 16.3. The lowest BCUT2D eigenvalue weighted by Gasteiger charge is -2.26. The Morgan fingerprint density at radius 2 is 1.85 bits per heavy atom. The van der Waals surface area contributed by atoms with Crippen molar-refractivity contribution < 1.29 is 14.3 Å². The first kappa shape index (κ1) is 18.3. The second-order valence-electron chi connectivity index (χ2n) is 7.32. The van der Waals surface area contributed by atoms with Crippen LogP contribution < -0.4 is 9.64 Å². The zero-order chi connectivity index (χ0) is 18.9. The third kappa shape index (κ3) is 3.28. The van der Waals surface area contributed by atoms with Gasteiger partial charge in [0.15, 0.2) is 0 Å². The summed E-state index contributed by atoms with van der Waals surface area (Å²) in [5, 5.41) is 0. The van der Waals surface area contributed by atoms with E-state index in [9.17, 15) is 4.79 Å². The normalized spacial score (nSPS) is 14.5. The highest BCUT2D eigenvalue weighted by Crippen LogP contribution is 2.43. The SMILES string of the molecule is CCOC(=O)c1ccc(N(CC)c2cc(C)c3c(c2)C(C)(C)CO3)cc1. The lowest BCUT2D eigenvalue weighted by molar-refractivity contribution is 0.0526. The number of benzene rings is 2. The Bertz CT molecular complexity index is 809. The number of anilines is 2. The van der Waals surface area contributed by atoms with Crippen LogP contribution in [0.3, 0.4) is 0 Å². The minimum atomic E-state index is -0.283. The van der Waals surface area contributed by atoms with Gasteiger partial charge in [-0.1, -0.05) is 13.8 Å². The molecule has 0 radical (unpaired) electrons. The molecule has 0 unspecified atom stereocenters. The third-order valence-electron chi connectivity index (χ3n) is 4.88. The average Bonchev–Trinajstić information content (AvgIpc) is 2.92. The summed E-state index contributed by atoms with van der Waals surface area (Å²) in [5.74, 6) is 0.738. The summed E-state index contributed by atoms with van der Waals surface area (Å²) in [6, 6.07) is 12.0. The van der Waals surface area contributed by atoms with Crippen LogP contribution in [-0.4, -0.2) is 25.7 Å². The number of esters is 1. The third-order valence-corrected chi connectivity index (χ3v) is 4.88. The molecule has 4 nitrogen and oxygen atoms in total. The van der Waals surface area contributed by atoms with E-state index in [1.54, 1.807) is 0 Å². The van der Waals surface area contributed by atoms with Crippen molar-refractivity contribution in [1.29, 1.82) is 0 Å². The van der Waals surface area contributed by atoms with Crippen LogP contribution in [0.25, 0.3) is 0 Å². The van der Waals surface area contributed by atoms with Gasteiger partial charge in [-0.15, -0.1) is 0 Å². The van der Waals surface area contributed by atoms with Crippen LogP contribution in [0.4, 0.5) is 11.4 Å². The number of carbonyl (C=O) groups excluding carboxylic acids is 1. The van der Waals surface area contributed by atoms with Gasteiger partial charge >= 0.3 is 5.97 Å². The molecule has 2 aromatic rings. The first-order valence-corrected chi connectivity index (χ1v) is 9.20. The summed E-state index contributed by atoms with van der Waals surface area (Å²) >= 11 is 0. The van der Waals surface area contributed by atoms with Gasteiger partial charge in [-0.3, -0.25) is 0 Å². The molecule has 1 aliphatic heterocycles.